The Labute approximate surface area is 159 Å². The van der Waals surface area contributed by atoms with Crippen molar-refractivity contribution in [3.05, 3.63) is 45.4 Å². The van der Waals surface area contributed by atoms with Crippen molar-refractivity contribution in [1.82, 2.24) is 4.90 Å². The van der Waals surface area contributed by atoms with Crippen LogP contribution in [0.5, 0.6) is 23.0 Å². The Kier molecular flexibility index (Phi) is 3.77. The molecular weight excluding hydrogens is 402 g/mol. The first-order valence-electron chi connectivity index (χ1n) is 8.51. The molecule has 0 amide bonds. The zero-order valence-electron chi connectivity index (χ0n) is 14.2. The Bertz CT molecular complexity index is 887. The van der Waals surface area contributed by atoms with Crippen molar-refractivity contribution in [2.45, 2.75) is 18.6 Å². The van der Waals surface area contributed by atoms with E-state index in [1.165, 1.54) is 5.56 Å². The zero-order chi connectivity index (χ0) is 17.8. The third-order valence-electron chi connectivity index (χ3n) is 5.27. The minimum Gasteiger partial charge on any atom is -0.454 e. The summed E-state index contributed by atoms with van der Waals surface area (Å²) in [6.07, 6.45) is 0.178. The van der Waals surface area contributed by atoms with Crippen LogP contribution in [0, 0.1) is 0 Å². The van der Waals surface area contributed by atoms with Crippen molar-refractivity contribution in [3.63, 3.8) is 0 Å². The summed E-state index contributed by atoms with van der Waals surface area (Å²) in [5, 5.41) is 11.3. The number of hydrogen-bond acceptors (Lipinski definition) is 6. The van der Waals surface area contributed by atoms with Crippen LogP contribution >= 0.6 is 15.9 Å². The summed E-state index contributed by atoms with van der Waals surface area (Å²) in [6.45, 7) is 1.31. The van der Waals surface area contributed by atoms with Gasteiger partial charge in [0.2, 0.25) is 13.6 Å². The van der Waals surface area contributed by atoms with E-state index in [1.807, 2.05) is 31.3 Å². The van der Waals surface area contributed by atoms with E-state index in [9.17, 15) is 5.11 Å². The topological polar surface area (TPSA) is 60.4 Å². The maximum atomic E-state index is 11.3. The predicted octanol–water partition coefficient (Wildman–Crippen LogP) is 3.17. The largest absolute Gasteiger partial charge is 0.454 e. The molecule has 5 rings (SSSR count). The molecule has 0 aliphatic carbocycles. The van der Waals surface area contributed by atoms with E-state index in [4.69, 9.17) is 18.9 Å². The number of halogens is 1. The SMILES string of the molecule is CN1CCc2cc3c(cc2[C@@H]1[C@H](O)c1cc2c(cc1Br)OCO2)OCO3. The van der Waals surface area contributed by atoms with E-state index >= 15 is 0 Å². The Hall–Kier alpha value is -1.96. The lowest BCUT2D eigenvalue weighted by Crippen LogP contribution is -2.36. The van der Waals surface area contributed by atoms with Crippen LogP contribution in [0.3, 0.4) is 0 Å². The molecule has 6 nitrogen and oxygen atoms in total. The number of fused-ring (bicyclic) bond motifs is 3. The normalized spacial score (nSPS) is 21.6. The molecule has 0 bridgehead atoms. The van der Waals surface area contributed by atoms with Crippen LogP contribution in [-0.4, -0.2) is 37.2 Å². The average Bonchev–Trinajstić information content (AvgIpc) is 3.26. The molecule has 3 heterocycles. The van der Waals surface area contributed by atoms with Crippen molar-refractivity contribution in [3.8, 4) is 23.0 Å². The summed E-state index contributed by atoms with van der Waals surface area (Å²) in [4.78, 5) is 2.17. The summed E-state index contributed by atoms with van der Waals surface area (Å²) in [5.41, 5.74) is 3.03. The second kappa shape index (κ2) is 6.04. The Morgan fingerprint density at radius 3 is 2.35 bits per heavy atom. The van der Waals surface area contributed by atoms with E-state index in [-0.39, 0.29) is 19.6 Å². The van der Waals surface area contributed by atoms with Crippen LogP contribution in [-0.2, 0) is 6.42 Å². The molecule has 3 aliphatic rings. The zero-order valence-corrected chi connectivity index (χ0v) is 15.8. The molecule has 2 aromatic carbocycles. The third-order valence-corrected chi connectivity index (χ3v) is 5.96. The molecule has 0 unspecified atom stereocenters. The van der Waals surface area contributed by atoms with Gasteiger partial charge >= 0.3 is 0 Å². The summed E-state index contributed by atoms with van der Waals surface area (Å²) in [5.74, 6) is 2.87. The lowest BCUT2D eigenvalue weighted by Gasteiger charge is -2.38. The van der Waals surface area contributed by atoms with Gasteiger partial charge in [-0.05, 0) is 48.9 Å². The van der Waals surface area contributed by atoms with Crippen molar-refractivity contribution >= 4 is 15.9 Å². The fraction of sp³-hybridized carbons (Fsp3) is 0.368. The van der Waals surface area contributed by atoms with Gasteiger partial charge in [0.15, 0.2) is 23.0 Å². The molecule has 7 heteroatoms. The molecule has 2 aromatic rings. The minimum atomic E-state index is -0.733. The van der Waals surface area contributed by atoms with Crippen molar-refractivity contribution < 1.29 is 24.1 Å². The van der Waals surface area contributed by atoms with Gasteiger partial charge in [-0.1, -0.05) is 15.9 Å². The standard InChI is InChI=1S/C19H18BrNO5/c1-21-3-2-10-4-14-15(24-8-23-14)5-11(10)18(21)19(22)12-6-16-17(7-13(12)20)26-9-25-16/h4-7,18-19,22H,2-3,8-9H2,1H3/t18-,19-/m1/s1. The van der Waals surface area contributed by atoms with Crippen molar-refractivity contribution in [2.24, 2.45) is 0 Å². The van der Waals surface area contributed by atoms with Crippen LogP contribution in [0.4, 0.5) is 0 Å². The lowest BCUT2D eigenvalue weighted by atomic mass is 9.86. The average molecular weight is 420 g/mol. The maximum Gasteiger partial charge on any atom is 0.231 e. The smallest absolute Gasteiger partial charge is 0.231 e. The van der Waals surface area contributed by atoms with Gasteiger partial charge in [0.1, 0.15) is 0 Å². The van der Waals surface area contributed by atoms with E-state index in [0.29, 0.717) is 11.5 Å². The van der Waals surface area contributed by atoms with Gasteiger partial charge < -0.3 is 24.1 Å². The van der Waals surface area contributed by atoms with Crippen LogP contribution in [0.1, 0.15) is 28.8 Å². The number of rotatable bonds is 2. The minimum absolute atomic E-state index is 0.190. The molecule has 26 heavy (non-hydrogen) atoms. The van der Waals surface area contributed by atoms with Crippen LogP contribution in [0.2, 0.25) is 0 Å². The number of benzene rings is 2. The van der Waals surface area contributed by atoms with E-state index < -0.39 is 6.10 Å². The summed E-state index contributed by atoms with van der Waals surface area (Å²) >= 11 is 3.57. The monoisotopic (exact) mass is 419 g/mol. The predicted molar refractivity (Wildman–Crippen MR) is 96.9 cm³/mol. The van der Waals surface area contributed by atoms with Crippen molar-refractivity contribution in [2.75, 3.05) is 27.2 Å². The molecule has 1 N–H and O–H groups in total. The Morgan fingerprint density at radius 1 is 1.00 bits per heavy atom. The first-order chi connectivity index (χ1) is 12.6. The van der Waals surface area contributed by atoms with Gasteiger partial charge in [0.05, 0.1) is 12.1 Å². The van der Waals surface area contributed by atoms with Crippen molar-refractivity contribution in [1.29, 1.82) is 0 Å². The van der Waals surface area contributed by atoms with Crippen LogP contribution in [0.15, 0.2) is 28.7 Å². The lowest BCUT2D eigenvalue weighted by molar-refractivity contribution is 0.0553. The third kappa shape index (κ3) is 2.46. The number of nitrogens with zero attached hydrogens (tertiary/aromatic N) is 1. The first kappa shape index (κ1) is 16.2. The van der Waals surface area contributed by atoms with E-state index in [2.05, 4.69) is 20.8 Å². The number of hydrogen-bond donors (Lipinski definition) is 1. The summed E-state index contributed by atoms with van der Waals surface area (Å²) in [6, 6.07) is 7.56. The number of likely N-dealkylation sites (N-methyl/N-ethyl adjacent to an activating group) is 1. The molecular formula is C19H18BrNO5. The van der Waals surface area contributed by atoms with Crippen LogP contribution in [0.25, 0.3) is 0 Å². The van der Waals surface area contributed by atoms with Gasteiger partial charge in [0, 0.05) is 16.6 Å². The molecule has 0 saturated carbocycles. The highest BCUT2D eigenvalue weighted by atomic mass is 79.9. The molecule has 0 fully saturated rings. The summed E-state index contributed by atoms with van der Waals surface area (Å²) in [7, 11) is 2.03. The molecule has 136 valence electrons. The van der Waals surface area contributed by atoms with Gasteiger partial charge in [-0.3, -0.25) is 4.90 Å². The molecule has 3 aliphatic heterocycles. The molecule has 0 spiro atoms. The van der Waals surface area contributed by atoms with Gasteiger partial charge in [0.25, 0.3) is 0 Å². The molecule has 0 aromatic heterocycles. The molecule has 0 saturated heterocycles. The van der Waals surface area contributed by atoms with Gasteiger partial charge in [-0.2, -0.15) is 0 Å². The van der Waals surface area contributed by atoms with E-state index in [1.54, 1.807) is 0 Å². The highest BCUT2D eigenvalue weighted by molar-refractivity contribution is 9.10. The Balaban J connectivity index is 1.58. The van der Waals surface area contributed by atoms with Crippen LogP contribution < -0.4 is 18.9 Å². The fourth-order valence-electron chi connectivity index (χ4n) is 3.91. The first-order valence-corrected chi connectivity index (χ1v) is 9.31. The number of aliphatic hydroxyl groups is 1. The molecule has 2 atom stereocenters. The second-order valence-corrected chi connectivity index (χ2v) is 7.61. The summed E-state index contributed by atoms with van der Waals surface area (Å²) < 4.78 is 22.8. The van der Waals surface area contributed by atoms with E-state index in [0.717, 1.165) is 40.1 Å². The number of ether oxygens (including phenoxy) is 4. The highest BCUT2D eigenvalue weighted by Crippen LogP contribution is 2.47. The molecule has 0 radical (unpaired) electrons. The van der Waals surface area contributed by atoms with Gasteiger partial charge in [-0.25, -0.2) is 0 Å². The quantitative estimate of drug-likeness (QED) is 0.806. The van der Waals surface area contributed by atoms with Gasteiger partial charge in [-0.15, -0.1) is 0 Å². The Morgan fingerprint density at radius 2 is 1.62 bits per heavy atom. The number of aliphatic hydroxyl groups excluding tert-OH is 1. The highest BCUT2D eigenvalue weighted by Gasteiger charge is 2.35. The fourth-order valence-corrected chi connectivity index (χ4v) is 4.46. The maximum absolute atomic E-state index is 11.3. The second-order valence-electron chi connectivity index (χ2n) is 6.75.